The van der Waals surface area contributed by atoms with E-state index in [0.717, 1.165) is 16.8 Å². The van der Waals surface area contributed by atoms with Crippen LogP contribution in [0.25, 0.3) is 0 Å². The summed E-state index contributed by atoms with van der Waals surface area (Å²) < 4.78 is 0. The average Bonchev–Trinajstić information content (AvgIpc) is 3.09. The number of carbonyl (C=O) groups excluding carboxylic acids is 3. The molecule has 2 amide bonds. The smallest absolute Gasteiger partial charge is 0.550 e. The molecule has 3 atom stereocenters. The molecule has 1 aliphatic heterocycles. The molecule has 0 radical (unpaired) electrons. The normalized spacial score (nSPS) is 24.2. The Morgan fingerprint density at radius 3 is 2.56 bits per heavy atom. The van der Waals surface area contributed by atoms with E-state index in [2.05, 4.69) is 10.6 Å². The Kier molecular flexibility index (Phi) is 5.66. The number of aliphatic carboxylic acids is 1. The van der Waals surface area contributed by atoms with Crippen LogP contribution in [0.3, 0.4) is 0 Å². The maximum absolute atomic E-state index is 12.4. The number of fused-ring (bicyclic) bond motifs is 1. The molecular formula is C18H21N2NaO4. The Balaban J connectivity index is 0.00000225. The molecule has 1 saturated carbocycles. The summed E-state index contributed by atoms with van der Waals surface area (Å²) in [6.45, 7) is 5.40. The van der Waals surface area contributed by atoms with E-state index in [1.165, 1.54) is 0 Å². The van der Waals surface area contributed by atoms with Crippen LogP contribution in [0.4, 0.5) is 5.69 Å². The van der Waals surface area contributed by atoms with Gasteiger partial charge in [0, 0.05) is 24.0 Å². The summed E-state index contributed by atoms with van der Waals surface area (Å²) in [4.78, 5) is 34.9. The number of rotatable bonds is 4. The molecule has 0 aromatic heterocycles. The molecule has 3 rings (SSSR count). The number of carbonyl (C=O) groups is 3. The zero-order chi connectivity index (χ0) is 17.6. The van der Waals surface area contributed by atoms with Gasteiger partial charge in [0.15, 0.2) is 0 Å². The molecular weight excluding hydrogens is 331 g/mol. The first-order valence-corrected chi connectivity index (χ1v) is 8.15. The summed E-state index contributed by atoms with van der Waals surface area (Å²) in [6.07, 6.45) is 1.14. The maximum Gasteiger partial charge on any atom is 1.00 e. The van der Waals surface area contributed by atoms with Gasteiger partial charge in [0.25, 0.3) is 0 Å². The van der Waals surface area contributed by atoms with E-state index in [9.17, 15) is 19.5 Å². The van der Waals surface area contributed by atoms with E-state index in [1.54, 1.807) is 13.8 Å². The molecule has 2 aliphatic rings. The number of anilines is 1. The summed E-state index contributed by atoms with van der Waals surface area (Å²) in [5, 5.41) is 16.8. The van der Waals surface area contributed by atoms with Gasteiger partial charge in [-0.2, -0.15) is 0 Å². The third-order valence-electron chi connectivity index (χ3n) is 5.25. The van der Waals surface area contributed by atoms with Crippen LogP contribution in [-0.4, -0.2) is 17.8 Å². The Hall–Kier alpha value is -1.37. The van der Waals surface area contributed by atoms with Gasteiger partial charge < -0.3 is 20.5 Å². The molecule has 1 fully saturated rings. The first-order valence-electron chi connectivity index (χ1n) is 8.15. The summed E-state index contributed by atoms with van der Waals surface area (Å²) in [6, 6.07) is 5.45. The van der Waals surface area contributed by atoms with Crippen molar-refractivity contribution in [2.45, 2.75) is 39.7 Å². The molecule has 2 N–H and O–H groups in total. The maximum atomic E-state index is 12.4. The van der Waals surface area contributed by atoms with Crippen LogP contribution < -0.4 is 45.3 Å². The topological polar surface area (TPSA) is 98.3 Å². The summed E-state index contributed by atoms with van der Waals surface area (Å²) in [7, 11) is 0. The number of amides is 2. The van der Waals surface area contributed by atoms with Crippen molar-refractivity contribution < 1.29 is 49.0 Å². The van der Waals surface area contributed by atoms with E-state index in [4.69, 9.17) is 0 Å². The van der Waals surface area contributed by atoms with Crippen LogP contribution in [0, 0.1) is 17.3 Å². The van der Waals surface area contributed by atoms with Gasteiger partial charge >= 0.3 is 29.6 Å². The van der Waals surface area contributed by atoms with Gasteiger partial charge in [-0.05, 0) is 36.0 Å². The van der Waals surface area contributed by atoms with Crippen molar-refractivity contribution in [1.29, 1.82) is 0 Å². The summed E-state index contributed by atoms with van der Waals surface area (Å²) in [5.74, 6) is -2.70. The van der Waals surface area contributed by atoms with Crippen molar-refractivity contribution in [3.63, 3.8) is 0 Å². The number of carboxylic acid groups (broad SMARTS) is 1. The molecule has 1 heterocycles. The molecule has 0 spiro atoms. The van der Waals surface area contributed by atoms with Gasteiger partial charge in [0.05, 0.1) is 12.0 Å². The molecule has 1 aliphatic carbocycles. The fraction of sp³-hybridized carbons (Fsp3) is 0.500. The van der Waals surface area contributed by atoms with Crippen LogP contribution >= 0.6 is 0 Å². The van der Waals surface area contributed by atoms with Crippen LogP contribution in [0.2, 0.25) is 0 Å². The van der Waals surface area contributed by atoms with Crippen molar-refractivity contribution in [1.82, 2.24) is 5.32 Å². The summed E-state index contributed by atoms with van der Waals surface area (Å²) >= 11 is 0. The zero-order valence-electron chi connectivity index (χ0n) is 15.0. The van der Waals surface area contributed by atoms with Crippen molar-refractivity contribution in [2.75, 3.05) is 5.32 Å². The first-order chi connectivity index (χ1) is 11.2. The minimum atomic E-state index is -1.17. The number of aryl methyl sites for hydroxylation is 1. The van der Waals surface area contributed by atoms with Gasteiger partial charge in [0.2, 0.25) is 11.8 Å². The van der Waals surface area contributed by atoms with Crippen molar-refractivity contribution >= 4 is 23.5 Å². The van der Waals surface area contributed by atoms with Gasteiger partial charge in [0.1, 0.15) is 0 Å². The summed E-state index contributed by atoms with van der Waals surface area (Å²) in [5.41, 5.74) is 2.23. The van der Waals surface area contributed by atoms with Gasteiger partial charge in [-0.1, -0.05) is 26.0 Å². The number of nitrogens with one attached hydrogen (secondary N) is 2. The Morgan fingerprint density at radius 1 is 1.28 bits per heavy atom. The fourth-order valence-electron chi connectivity index (χ4n) is 3.63. The Morgan fingerprint density at radius 2 is 1.96 bits per heavy atom. The molecule has 25 heavy (non-hydrogen) atoms. The van der Waals surface area contributed by atoms with Crippen LogP contribution in [0.5, 0.6) is 0 Å². The van der Waals surface area contributed by atoms with Gasteiger partial charge in [-0.25, -0.2) is 0 Å². The standard InChI is InChI=1S/C18H22N2O4.Na/c1-9(19-16(22)14-15(17(23)24)18(14,2)3)10-4-6-12-11(8-10)5-7-13(21)20-12;/h4,6,8-9,14-15H,5,7H2,1-3H3,(H,19,22)(H,20,21)(H,23,24);/q;+1/p-1/t9?,14-,15+;/m0./s1. The van der Waals surface area contributed by atoms with Crippen LogP contribution in [0.15, 0.2) is 18.2 Å². The Bertz CT molecular complexity index is 732. The van der Waals surface area contributed by atoms with E-state index in [1.807, 2.05) is 25.1 Å². The van der Waals surface area contributed by atoms with Crippen molar-refractivity contribution in [3.8, 4) is 0 Å². The number of hydrogen-bond donors (Lipinski definition) is 2. The largest absolute Gasteiger partial charge is 1.00 e. The molecule has 0 saturated heterocycles. The third kappa shape index (κ3) is 3.76. The quantitative estimate of drug-likeness (QED) is 0.600. The van der Waals surface area contributed by atoms with Gasteiger partial charge in [-0.15, -0.1) is 0 Å². The SMILES string of the molecule is CC(NC(=O)[C@@H]1[C@H](C(=O)[O-])C1(C)C)c1ccc2c(c1)CCC(=O)N2.[Na+]. The van der Waals surface area contributed by atoms with E-state index >= 15 is 0 Å². The van der Waals surface area contributed by atoms with Crippen molar-refractivity contribution in [2.24, 2.45) is 17.3 Å². The first kappa shape index (κ1) is 19.9. The molecule has 0 bridgehead atoms. The predicted molar refractivity (Wildman–Crippen MR) is 85.7 cm³/mol. The molecule has 7 heteroatoms. The van der Waals surface area contributed by atoms with Gasteiger partial charge in [-0.3, -0.25) is 9.59 Å². The fourth-order valence-corrected chi connectivity index (χ4v) is 3.63. The number of carboxylic acids is 1. The number of benzene rings is 1. The monoisotopic (exact) mass is 352 g/mol. The average molecular weight is 352 g/mol. The van der Waals surface area contributed by atoms with E-state index in [-0.39, 0.29) is 47.4 Å². The zero-order valence-corrected chi connectivity index (χ0v) is 17.0. The predicted octanol–water partition coefficient (Wildman–Crippen LogP) is -2.23. The van der Waals surface area contributed by atoms with Crippen molar-refractivity contribution in [3.05, 3.63) is 29.3 Å². The molecule has 6 nitrogen and oxygen atoms in total. The van der Waals surface area contributed by atoms with Crippen LogP contribution in [-0.2, 0) is 20.8 Å². The van der Waals surface area contributed by atoms with E-state index in [0.29, 0.717) is 12.8 Å². The number of hydrogen-bond acceptors (Lipinski definition) is 4. The second-order valence-corrected chi connectivity index (χ2v) is 7.29. The Labute approximate surface area is 169 Å². The second kappa shape index (κ2) is 7.09. The third-order valence-corrected chi connectivity index (χ3v) is 5.25. The minimum absolute atomic E-state index is 0. The molecule has 1 unspecified atom stereocenters. The molecule has 128 valence electrons. The second-order valence-electron chi connectivity index (χ2n) is 7.29. The minimum Gasteiger partial charge on any atom is -0.550 e. The molecule has 1 aromatic carbocycles. The van der Waals surface area contributed by atoms with Crippen LogP contribution in [0.1, 0.15) is 44.4 Å². The van der Waals surface area contributed by atoms with E-state index < -0.39 is 23.2 Å². The molecule has 1 aromatic rings.